The number of hydrogen-bond acceptors (Lipinski definition) is 2. The molecular formula is C9H14F4N2OS. The molecule has 0 rings (SSSR count). The Morgan fingerprint density at radius 2 is 2.00 bits per heavy atom. The van der Waals surface area contributed by atoms with E-state index in [1.807, 2.05) is 0 Å². The number of halogens is 4. The van der Waals surface area contributed by atoms with Gasteiger partial charge < -0.3 is 11.1 Å². The van der Waals surface area contributed by atoms with Crippen LogP contribution in [0.1, 0.15) is 19.8 Å². The number of alkyl halides is 4. The number of nitrogens with two attached hydrogens (primary N) is 1. The molecule has 8 heteroatoms. The summed E-state index contributed by atoms with van der Waals surface area (Å²) in [5.74, 6) is -5.99. The van der Waals surface area contributed by atoms with Gasteiger partial charge in [0.2, 0.25) is 5.91 Å². The first kappa shape index (κ1) is 16.1. The molecule has 0 fully saturated rings. The van der Waals surface area contributed by atoms with Gasteiger partial charge in [-0.25, -0.2) is 8.78 Å². The number of hydrogen-bond donors (Lipinski definition) is 2. The number of thiocarbonyl (C=S) groups is 1. The van der Waals surface area contributed by atoms with E-state index in [1.54, 1.807) is 12.2 Å². The lowest BCUT2D eigenvalue weighted by Gasteiger charge is -2.19. The van der Waals surface area contributed by atoms with Crippen LogP contribution < -0.4 is 11.1 Å². The monoisotopic (exact) mass is 274 g/mol. The standard InChI is InChI=1S/C9H14F4N2OS/c1-2-3-5(6(14)17)7(16)15-4-9(12,13)8(10)11/h5,8H,2-4H2,1H3,(H2,14,17)(H,15,16). The van der Waals surface area contributed by atoms with Crippen molar-refractivity contribution >= 4 is 23.1 Å². The number of rotatable bonds is 7. The second kappa shape index (κ2) is 6.73. The van der Waals surface area contributed by atoms with Gasteiger partial charge in [0.15, 0.2) is 0 Å². The summed E-state index contributed by atoms with van der Waals surface area (Å²) >= 11 is 4.60. The van der Waals surface area contributed by atoms with Gasteiger partial charge in [-0.05, 0) is 6.42 Å². The lowest BCUT2D eigenvalue weighted by atomic mass is 10.0. The van der Waals surface area contributed by atoms with Gasteiger partial charge in [-0.2, -0.15) is 8.78 Å². The third kappa shape index (κ3) is 5.29. The van der Waals surface area contributed by atoms with Crippen molar-refractivity contribution in [2.24, 2.45) is 11.7 Å². The van der Waals surface area contributed by atoms with Crippen LogP contribution in [0.5, 0.6) is 0 Å². The summed E-state index contributed by atoms with van der Waals surface area (Å²) in [6.45, 7) is 0.332. The van der Waals surface area contributed by atoms with E-state index in [0.717, 1.165) is 0 Å². The van der Waals surface area contributed by atoms with Gasteiger partial charge in [0.25, 0.3) is 0 Å². The Labute approximate surface area is 102 Å². The highest BCUT2D eigenvalue weighted by Crippen LogP contribution is 2.21. The van der Waals surface area contributed by atoms with Gasteiger partial charge in [-0.3, -0.25) is 4.79 Å². The quantitative estimate of drug-likeness (QED) is 0.549. The highest BCUT2D eigenvalue weighted by molar-refractivity contribution is 7.80. The molecule has 1 atom stereocenters. The third-order valence-corrected chi connectivity index (χ3v) is 2.34. The molecule has 3 N–H and O–H groups in total. The van der Waals surface area contributed by atoms with Gasteiger partial charge >= 0.3 is 12.3 Å². The number of carbonyl (C=O) groups is 1. The van der Waals surface area contributed by atoms with E-state index in [-0.39, 0.29) is 4.99 Å². The number of carbonyl (C=O) groups excluding carboxylic acids is 1. The molecule has 3 nitrogen and oxygen atoms in total. The van der Waals surface area contributed by atoms with Crippen LogP contribution in [-0.2, 0) is 4.79 Å². The molecule has 0 aliphatic heterocycles. The van der Waals surface area contributed by atoms with Gasteiger partial charge in [-0.1, -0.05) is 25.6 Å². The first-order chi connectivity index (χ1) is 7.72. The molecule has 100 valence electrons. The van der Waals surface area contributed by atoms with Crippen molar-refractivity contribution in [2.45, 2.75) is 32.1 Å². The van der Waals surface area contributed by atoms with Crippen LogP contribution in [0.15, 0.2) is 0 Å². The summed E-state index contributed by atoms with van der Waals surface area (Å²) in [5, 5.41) is 1.73. The summed E-state index contributed by atoms with van der Waals surface area (Å²) in [4.78, 5) is 11.3. The lowest BCUT2D eigenvalue weighted by molar-refractivity contribution is -0.137. The Hall–Kier alpha value is -0.920. The minimum absolute atomic E-state index is 0.135. The van der Waals surface area contributed by atoms with Crippen molar-refractivity contribution in [3.05, 3.63) is 0 Å². The smallest absolute Gasteiger partial charge is 0.324 e. The Balaban J connectivity index is 4.38. The normalized spacial score (nSPS) is 13.5. The van der Waals surface area contributed by atoms with Crippen molar-refractivity contribution in [3.8, 4) is 0 Å². The van der Waals surface area contributed by atoms with E-state index in [0.29, 0.717) is 12.8 Å². The van der Waals surface area contributed by atoms with Crippen molar-refractivity contribution in [2.75, 3.05) is 6.54 Å². The first-order valence-electron chi connectivity index (χ1n) is 4.95. The zero-order chi connectivity index (χ0) is 13.6. The van der Waals surface area contributed by atoms with Crippen LogP contribution >= 0.6 is 12.2 Å². The van der Waals surface area contributed by atoms with Crippen LogP contribution in [0.25, 0.3) is 0 Å². The summed E-state index contributed by atoms with van der Waals surface area (Å²) < 4.78 is 48.7. The Bertz CT molecular complexity index is 286. The van der Waals surface area contributed by atoms with Crippen LogP contribution in [0.4, 0.5) is 17.6 Å². The zero-order valence-corrected chi connectivity index (χ0v) is 10.00. The second-order valence-electron chi connectivity index (χ2n) is 3.52. The van der Waals surface area contributed by atoms with E-state index in [2.05, 4.69) is 12.2 Å². The van der Waals surface area contributed by atoms with E-state index in [1.165, 1.54) is 0 Å². The topological polar surface area (TPSA) is 55.1 Å². The molecule has 0 aliphatic carbocycles. The van der Waals surface area contributed by atoms with E-state index in [9.17, 15) is 22.4 Å². The molecule has 17 heavy (non-hydrogen) atoms. The molecule has 0 aromatic heterocycles. The second-order valence-corrected chi connectivity index (χ2v) is 3.99. The fraction of sp³-hybridized carbons (Fsp3) is 0.778. The van der Waals surface area contributed by atoms with Crippen molar-refractivity contribution < 1.29 is 22.4 Å². The highest BCUT2D eigenvalue weighted by atomic mass is 32.1. The molecule has 0 aromatic rings. The minimum atomic E-state index is -4.25. The molecule has 0 radical (unpaired) electrons. The molecule has 0 saturated carbocycles. The number of nitrogens with one attached hydrogen (secondary N) is 1. The van der Waals surface area contributed by atoms with Crippen molar-refractivity contribution in [3.63, 3.8) is 0 Å². The van der Waals surface area contributed by atoms with Crippen LogP contribution in [0.3, 0.4) is 0 Å². The number of amides is 1. The van der Waals surface area contributed by atoms with Gasteiger partial charge in [0.05, 0.1) is 17.5 Å². The molecule has 1 amide bonds. The fourth-order valence-electron chi connectivity index (χ4n) is 1.10. The Kier molecular flexibility index (Phi) is 6.36. The average Bonchev–Trinajstić information content (AvgIpc) is 2.22. The minimum Gasteiger partial charge on any atom is -0.393 e. The van der Waals surface area contributed by atoms with Gasteiger partial charge in [0.1, 0.15) is 0 Å². The van der Waals surface area contributed by atoms with E-state index in [4.69, 9.17) is 5.73 Å². The van der Waals surface area contributed by atoms with Crippen LogP contribution in [0, 0.1) is 5.92 Å². The Morgan fingerprint density at radius 1 is 1.47 bits per heavy atom. The molecule has 1 unspecified atom stereocenters. The van der Waals surface area contributed by atoms with E-state index >= 15 is 0 Å². The summed E-state index contributed by atoms with van der Waals surface area (Å²) in [6.07, 6.45) is -2.96. The molecule has 0 spiro atoms. The highest BCUT2D eigenvalue weighted by Gasteiger charge is 2.41. The SMILES string of the molecule is CCCC(C(=O)NCC(F)(F)C(F)F)C(N)=S. The fourth-order valence-corrected chi connectivity index (χ4v) is 1.32. The predicted molar refractivity (Wildman–Crippen MR) is 59.1 cm³/mol. The molecule has 0 heterocycles. The first-order valence-corrected chi connectivity index (χ1v) is 5.36. The summed E-state index contributed by atoms with van der Waals surface area (Å²) in [6, 6.07) is 0. The van der Waals surface area contributed by atoms with Crippen molar-refractivity contribution in [1.82, 2.24) is 5.32 Å². The van der Waals surface area contributed by atoms with Crippen LogP contribution in [0.2, 0.25) is 0 Å². The molecule has 0 saturated heterocycles. The molecule has 0 bridgehead atoms. The molecule has 0 aromatic carbocycles. The van der Waals surface area contributed by atoms with E-state index < -0.39 is 30.7 Å². The third-order valence-electron chi connectivity index (χ3n) is 2.05. The predicted octanol–water partition coefficient (Wildman–Crippen LogP) is 1.71. The summed E-state index contributed by atoms with van der Waals surface area (Å²) in [5.41, 5.74) is 5.26. The van der Waals surface area contributed by atoms with Crippen LogP contribution in [-0.4, -0.2) is 29.8 Å². The van der Waals surface area contributed by atoms with Gasteiger partial charge in [-0.15, -0.1) is 0 Å². The maximum atomic E-state index is 12.5. The average molecular weight is 274 g/mol. The maximum Gasteiger partial charge on any atom is 0.324 e. The molecular weight excluding hydrogens is 260 g/mol. The lowest BCUT2D eigenvalue weighted by Crippen LogP contribution is -2.45. The zero-order valence-electron chi connectivity index (χ0n) is 9.18. The Morgan fingerprint density at radius 3 is 2.35 bits per heavy atom. The van der Waals surface area contributed by atoms with Gasteiger partial charge in [0, 0.05) is 0 Å². The summed E-state index contributed by atoms with van der Waals surface area (Å²) in [7, 11) is 0. The molecule has 0 aliphatic rings. The van der Waals surface area contributed by atoms with Crippen molar-refractivity contribution in [1.29, 1.82) is 0 Å². The largest absolute Gasteiger partial charge is 0.393 e. The maximum absolute atomic E-state index is 12.5.